The number of hydrogen-bond acceptors (Lipinski definition) is 4. The van der Waals surface area contributed by atoms with Crippen LogP contribution in [0.25, 0.3) is 0 Å². The smallest absolute Gasteiger partial charge is 0.850 e. The Hall–Kier alpha value is 2.17. The first-order chi connectivity index (χ1) is 3.91. The quantitative estimate of drug-likeness (QED) is 0.298. The summed E-state index contributed by atoms with van der Waals surface area (Å²) < 4.78 is 0. The van der Waals surface area contributed by atoms with Gasteiger partial charge < -0.3 is 34.7 Å². The molecule has 0 atom stereocenters. The first kappa shape index (κ1) is 23.2. The van der Waals surface area contributed by atoms with E-state index in [1.54, 1.807) is 0 Å². The fraction of sp³-hybridized carbons (Fsp3) is 0.750. The zero-order valence-corrected chi connectivity index (χ0v) is 15.1. The molecule has 0 aliphatic heterocycles. The van der Waals surface area contributed by atoms with Crippen molar-refractivity contribution >= 4 is 29.7 Å². The predicted molar refractivity (Wildman–Crippen MR) is 41.9 cm³/mol. The van der Waals surface area contributed by atoms with Gasteiger partial charge >= 0.3 is 39.0 Å². The average Bonchev–Trinajstić information content (AvgIpc) is 1.61. The summed E-state index contributed by atoms with van der Waals surface area (Å²) >= 11 is 7.28. The van der Waals surface area contributed by atoms with Gasteiger partial charge in [-0.2, -0.15) is 18.2 Å². The van der Waals surface area contributed by atoms with E-state index in [4.69, 9.17) is 0 Å². The molecule has 11 heavy (non-hydrogen) atoms. The topological polar surface area (TPSA) is 46.1 Å². The minimum Gasteiger partial charge on any atom is -0.850 e. The fourth-order valence-electron chi connectivity index (χ4n) is 0. The van der Waals surface area contributed by atoms with Gasteiger partial charge in [0.2, 0.25) is 0 Å². The van der Waals surface area contributed by atoms with Crippen molar-refractivity contribution in [1.82, 2.24) is 0 Å². The summed E-state index contributed by atoms with van der Waals surface area (Å²) in [6, 6.07) is 0. The maximum absolute atomic E-state index is 9.29. The molecule has 0 aromatic rings. The van der Waals surface area contributed by atoms with Gasteiger partial charge in [-0.15, -0.1) is 0 Å². The molecule has 0 rings (SSSR count). The van der Waals surface area contributed by atoms with Crippen molar-refractivity contribution in [3.8, 4) is 0 Å². The van der Waals surface area contributed by atoms with Crippen LogP contribution in [0.1, 0.15) is 19.8 Å². The van der Waals surface area contributed by atoms with Gasteiger partial charge in [0.1, 0.15) is 0 Å². The maximum atomic E-state index is 9.29. The first-order valence-corrected chi connectivity index (χ1v) is 6.09. The summed E-state index contributed by atoms with van der Waals surface area (Å²) in [5.74, 6) is 0. The third-order valence-corrected chi connectivity index (χ3v) is 0.354. The van der Waals surface area contributed by atoms with Crippen molar-refractivity contribution in [3.63, 3.8) is 0 Å². The minimum atomic E-state index is -3.72. The van der Waals surface area contributed by atoms with Gasteiger partial charge in [-0.3, -0.25) is 0 Å². The van der Waals surface area contributed by atoms with Gasteiger partial charge in [0.15, 0.2) is 0 Å². The molecule has 0 aliphatic carbocycles. The second-order valence-corrected chi connectivity index (χ2v) is 5.77. The molecular formula is C4H9O2PS2Zn2. The van der Waals surface area contributed by atoms with E-state index in [9.17, 15) is 9.79 Å². The molecule has 0 N–H and O–H groups in total. The van der Waals surface area contributed by atoms with Crippen LogP contribution in [0.15, 0.2) is 0 Å². The normalized spacial score (nSPS) is 8.09. The molecule has 0 unspecified atom stereocenters. The van der Waals surface area contributed by atoms with Crippen molar-refractivity contribution in [3.05, 3.63) is 6.92 Å². The Morgan fingerprint density at radius 2 is 1.55 bits per heavy atom. The van der Waals surface area contributed by atoms with Gasteiger partial charge in [0, 0.05) is 0 Å². The van der Waals surface area contributed by atoms with Crippen LogP contribution in [0.5, 0.6) is 0 Å². The van der Waals surface area contributed by atoms with Gasteiger partial charge in [0.05, 0.1) is 0 Å². The largest absolute Gasteiger partial charge is 2.00 e. The van der Waals surface area contributed by atoms with E-state index >= 15 is 0 Å². The summed E-state index contributed by atoms with van der Waals surface area (Å²) in [6.45, 7) is 5.72. The summed E-state index contributed by atoms with van der Waals surface area (Å²) in [6.07, 6.45) is 2.28. The third kappa shape index (κ3) is 125. The number of rotatable bonds is 1. The van der Waals surface area contributed by atoms with Crippen LogP contribution in [0.3, 0.4) is 0 Å². The molecule has 0 saturated carbocycles. The van der Waals surface area contributed by atoms with Crippen LogP contribution in [0, 0.1) is 6.92 Å². The van der Waals surface area contributed by atoms with E-state index in [0.29, 0.717) is 0 Å². The van der Waals surface area contributed by atoms with Crippen LogP contribution in [-0.2, 0) is 63.0 Å². The van der Waals surface area contributed by atoms with E-state index in [1.807, 2.05) is 0 Å². The van der Waals surface area contributed by atoms with E-state index in [-0.39, 0.29) is 39.0 Å². The molecular weight excluding hydrogens is 306 g/mol. The molecule has 2 nitrogen and oxygen atoms in total. The SMILES string of the molecule is [CH2-]CCC.[O-]P([O-])(=S)[S-].[Zn+2].[Zn+2]. The molecule has 58 valence electrons. The van der Waals surface area contributed by atoms with Crippen LogP contribution < -0.4 is 9.79 Å². The molecule has 0 aromatic heterocycles. The number of unbranched alkanes of at least 4 members (excludes halogenated alkanes) is 1. The Morgan fingerprint density at radius 3 is 1.55 bits per heavy atom. The van der Waals surface area contributed by atoms with E-state index < -0.39 is 5.69 Å². The van der Waals surface area contributed by atoms with Gasteiger partial charge in [-0.25, -0.2) is 0 Å². The monoisotopic (exact) mass is 312 g/mol. The van der Waals surface area contributed by atoms with Crippen LogP contribution in [0.2, 0.25) is 0 Å². The Morgan fingerprint density at radius 1 is 1.45 bits per heavy atom. The molecule has 0 fully saturated rings. The van der Waals surface area contributed by atoms with Gasteiger partial charge in [-0.1, -0.05) is 13.3 Å². The molecule has 0 radical (unpaired) electrons. The molecule has 0 saturated heterocycles. The fourth-order valence-corrected chi connectivity index (χ4v) is 0. The summed E-state index contributed by atoms with van der Waals surface area (Å²) in [5.41, 5.74) is -3.72. The van der Waals surface area contributed by atoms with Crippen molar-refractivity contribution < 1.29 is 48.7 Å². The summed E-state index contributed by atoms with van der Waals surface area (Å²) in [5, 5.41) is 0. The van der Waals surface area contributed by atoms with Crippen molar-refractivity contribution in [2.45, 2.75) is 19.8 Å². The predicted octanol–water partition coefficient (Wildman–Crippen LogP) is 0.0940. The van der Waals surface area contributed by atoms with Crippen LogP contribution in [-0.4, -0.2) is 0 Å². The second kappa shape index (κ2) is 14.7. The van der Waals surface area contributed by atoms with Gasteiger partial charge in [-0.05, 0) is 0 Å². The average molecular weight is 315 g/mol. The van der Waals surface area contributed by atoms with Crippen LogP contribution >= 0.6 is 5.69 Å². The third-order valence-electron chi connectivity index (χ3n) is 0.354. The van der Waals surface area contributed by atoms with E-state index in [1.165, 1.54) is 6.42 Å². The maximum Gasteiger partial charge on any atom is 2.00 e. The molecule has 0 amide bonds. The zero-order chi connectivity index (χ0) is 7.91. The van der Waals surface area contributed by atoms with E-state index in [2.05, 4.69) is 37.9 Å². The Labute approximate surface area is 104 Å². The van der Waals surface area contributed by atoms with Crippen molar-refractivity contribution in [2.75, 3.05) is 0 Å². The Bertz CT molecular complexity index is 87.8. The molecule has 0 heterocycles. The molecule has 0 aromatic carbocycles. The number of hydrogen-bond donors (Lipinski definition) is 0. The summed E-state index contributed by atoms with van der Waals surface area (Å²) in [4.78, 5) is 18.6. The standard InChI is InChI=1S/C4H9.H3O2PS2.2Zn/c1-3-4-2;1-3(2,4)5;;/h1,3-4H2,2H3;(H3,1,2,4,5);;/q-1;;2*+2/p-3. The minimum absolute atomic E-state index is 0. The molecule has 7 heteroatoms. The second-order valence-electron chi connectivity index (χ2n) is 1.30. The molecule has 0 spiro atoms. The van der Waals surface area contributed by atoms with Gasteiger partial charge in [0.25, 0.3) is 0 Å². The first-order valence-electron chi connectivity index (χ1n) is 2.44. The Balaban J connectivity index is -0.0000000383. The molecule has 0 aliphatic rings. The Kier molecular flexibility index (Phi) is 31.0. The zero-order valence-electron chi connectivity index (χ0n) is 6.62. The van der Waals surface area contributed by atoms with Crippen LogP contribution in [0.4, 0.5) is 0 Å². The van der Waals surface area contributed by atoms with E-state index in [0.717, 1.165) is 6.42 Å². The van der Waals surface area contributed by atoms with Crippen molar-refractivity contribution in [2.24, 2.45) is 0 Å². The molecule has 0 bridgehead atoms. The van der Waals surface area contributed by atoms with Crippen molar-refractivity contribution in [1.29, 1.82) is 0 Å². The summed E-state index contributed by atoms with van der Waals surface area (Å²) in [7, 11) is 0.